The number of aromatic nitrogens is 3. The Morgan fingerprint density at radius 3 is 2.69 bits per heavy atom. The summed E-state index contributed by atoms with van der Waals surface area (Å²) in [6.45, 7) is 5.25. The van der Waals surface area contributed by atoms with E-state index in [-0.39, 0.29) is 22.3 Å². The van der Waals surface area contributed by atoms with Crippen LogP contribution < -0.4 is 10.7 Å². The molecule has 0 radical (unpaired) electrons. The number of anilines is 1. The molecule has 0 aliphatic carbocycles. The number of carbonyl (C=O) groups excluding carboxylic acids is 2. The topological polar surface area (TPSA) is 103 Å². The minimum absolute atomic E-state index is 0.168. The molecular weight excluding hydrogens is 416 g/mol. The van der Waals surface area contributed by atoms with Crippen LogP contribution in [0, 0.1) is 13.8 Å². The molecule has 0 bridgehead atoms. The van der Waals surface area contributed by atoms with Crippen LogP contribution in [0.1, 0.15) is 38.5 Å². The number of ether oxygens (including phenoxy) is 1. The number of nitrogens with zero attached hydrogens (tertiary/aromatic N) is 3. The number of hydrogen-bond acceptors (Lipinski definition) is 7. The summed E-state index contributed by atoms with van der Waals surface area (Å²) < 4.78 is 6.39. The molecule has 0 aliphatic rings. The summed E-state index contributed by atoms with van der Waals surface area (Å²) in [6, 6.07) is 8.26. The summed E-state index contributed by atoms with van der Waals surface area (Å²) in [6.07, 6.45) is 0. The number of hydrogen-bond donors (Lipinski definition) is 1. The number of aryl methyl sites for hydroxylation is 2. The maximum Gasteiger partial charge on any atom is 0.350 e. The molecule has 0 saturated heterocycles. The number of esters is 1. The van der Waals surface area contributed by atoms with E-state index in [9.17, 15) is 14.4 Å². The lowest BCUT2D eigenvalue weighted by atomic mass is 10.2. The highest BCUT2D eigenvalue weighted by Gasteiger charge is 2.21. The van der Waals surface area contributed by atoms with Crippen molar-refractivity contribution in [3.05, 3.63) is 67.5 Å². The fourth-order valence-corrected chi connectivity index (χ4v) is 3.64. The van der Waals surface area contributed by atoms with Gasteiger partial charge in [0.15, 0.2) is 10.8 Å². The van der Waals surface area contributed by atoms with Gasteiger partial charge in [-0.25, -0.2) is 14.5 Å². The molecule has 0 saturated carbocycles. The Morgan fingerprint density at radius 2 is 2.00 bits per heavy atom. The van der Waals surface area contributed by atoms with Gasteiger partial charge in [-0.05, 0) is 32.9 Å². The van der Waals surface area contributed by atoms with Crippen LogP contribution in [0.5, 0.6) is 0 Å². The molecule has 150 valence electrons. The zero-order valence-corrected chi connectivity index (χ0v) is 17.4. The second kappa shape index (κ2) is 8.54. The van der Waals surface area contributed by atoms with Gasteiger partial charge in [0, 0.05) is 11.8 Å². The highest BCUT2D eigenvalue weighted by Crippen LogP contribution is 2.24. The monoisotopic (exact) mass is 432 g/mol. The number of amides is 1. The first-order valence-corrected chi connectivity index (χ1v) is 9.83. The fraction of sp³-hybridized carbons (Fsp3) is 0.211. The van der Waals surface area contributed by atoms with Gasteiger partial charge in [-0.2, -0.15) is 5.10 Å². The zero-order chi connectivity index (χ0) is 21.1. The molecule has 0 fully saturated rings. The molecular formula is C19H17ClN4O4S. The van der Waals surface area contributed by atoms with Gasteiger partial charge in [0.2, 0.25) is 5.43 Å². The zero-order valence-electron chi connectivity index (χ0n) is 15.9. The van der Waals surface area contributed by atoms with Crippen LogP contribution in [0.15, 0.2) is 35.1 Å². The van der Waals surface area contributed by atoms with E-state index >= 15 is 0 Å². The van der Waals surface area contributed by atoms with E-state index in [0.29, 0.717) is 22.1 Å². The minimum atomic E-state index is -0.736. The Hall–Kier alpha value is -3.04. The normalized spacial score (nSPS) is 10.6. The molecule has 0 spiro atoms. The lowest BCUT2D eigenvalue weighted by Crippen LogP contribution is -2.27. The van der Waals surface area contributed by atoms with Gasteiger partial charge in [-0.1, -0.05) is 35.1 Å². The van der Waals surface area contributed by atoms with Crippen LogP contribution >= 0.6 is 22.9 Å². The van der Waals surface area contributed by atoms with Crippen LogP contribution in [-0.4, -0.2) is 33.2 Å². The quantitative estimate of drug-likeness (QED) is 0.620. The third-order valence-electron chi connectivity index (χ3n) is 3.88. The Kier molecular flexibility index (Phi) is 6.09. The van der Waals surface area contributed by atoms with E-state index in [0.717, 1.165) is 11.3 Å². The van der Waals surface area contributed by atoms with Gasteiger partial charge in [-0.3, -0.25) is 14.9 Å². The van der Waals surface area contributed by atoms with Crippen LogP contribution in [0.3, 0.4) is 0 Å². The van der Waals surface area contributed by atoms with E-state index in [1.807, 2.05) is 0 Å². The van der Waals surface area contributed by atoms with Crippen molar-refractivity contribution in [3.63, 3.8) is 0 Å². The van der Waals surface area contributed by atoms with Crippen LogP contribution in [0.2, 0.25) is 5.02 Å². The predicted octanol–water partition coefficient (Wildman–Crippen LogP) is 3.39. The highest BCUT2D eigenvalue weighted by molar-refractivity contribution is 7.17. The molecule has 0 aliphatic heterocycles. The van der Waals surface area contributed by atoms with Gasteiger partial charge in [0.25, 0.3) is 5.91 Å². The summed E-state index contributed by atoms with van der Waals surface area (Å²) in [7, 11) is 0. The first kappa shape index (κ1) is 20.7. The number of nitrogens with one attached hydrogen (secondary N) is 1. The van der Waals surface area contributed by atoms with Crippen molar-refractivity contribution >= 4 is 39.9 Å². The first-order valence-electron chi connectivity index (χ1n) is 8.63. The van der Waals surface area contributed by atoms with Crippen molar-refractivity contribution < 1.29 is 14.3 Å². The van der Waals surface area contributed by atoms with Crippen molar-refractivity contribution in [1.82, 2.24) is 14.8 Å². The molecule has 3 aromatic rings. The molecule has 2 aromatic heterocycles. The van der Waals surface area contributed by atoms with Crippen LogP contribution in [0.4, 0.5) is 5.13 Å². The SMILES string of the molecule is CCOC(=O)c1sc(NC(=O)c2nn(-c3ccccc3Cl)c(C)cc2=O)nc1C. The maximum atomic E-state index is 12.7. The number of para-hydroxylation sites is 1. The van der Waals surface area contributed by atoms with Crippen LogP contribution in [-0.2, 0) is 4.74 Å². The molecule has 29 heavy (non-hydrogen) atoms. The average molecular weight is 433 g/mol. The van der Waals surface area contributed by atoms with Gasteiger partial charge >= 0.3 is 5.97 Å². The van der Waals surface area contributed by atoms with Gasteiger partial charge in [0.05, 0.1) is 23.0 Å². The van der Waals surface area contributed by atoms with E-state index in [2.05, 4.69) is 15.4 Å². The van der Waals surface area contributed by atoms with Crippen molar-refractivity contribution in [2.24, 2.45) is 0 Å². The maximum absolute atomic E-state index is 12.7. The number of halogens is 1. The molecule has 1 N–H and O–H groups in total. The van der Waals surface area contributed by atoms with Gasteiger partial charge in [-0.15, -0.1) is 0 Å². The third-order valence-corrected chi connectivity index (χ3v) is 5.25. The predicted molar refractivity (Wildman–Crippen MR) is 110 cm³/mol. The molecule has 8 nitrogen and oxygen atoms in total. The Bertz CT molecular complexity index is 1160. The summed E-state index contributed by atoms with van der Waals surface area (Å²) in [5.41, 5.74) is 0.627. The number of benzene rings is 1. The molecule has 1 amide bonds. The Balaban J connectivity index is 1.93. The highest BCUT2D eigenvalue weighted by atomic mass is 35.5. The van der Waals surface area contributed by atoms with Crippen molar-refractivity contribution in [1.29, 1.82) is 0 Å². The Morgan fingerprint density at radius 1 is 1.28 bits per heavy atom. The van der Waals surface area contributed by atoms with Gasteiger partial charge in [0.1, 0.15) is 4.88 Å². The van der Waals surface area contributed by atoms with Crippen molar-refractivity contribution in [2.45, 2.75) is 20.8 Å². The van der Waals surface area contributed by atoms with Crippen molar-refractivity contribution in [3.8, 4) is 5.69 Å². The number of carbonyl (C=O) groups is 2. The smallest absolute Gasteiger partial charge is 0.350 e. The lowest BCUT2D eigenvalue weighted by molar-refractivity contribution is 0.0531. The largest absolute Gasteiger partial charge is 0.462 e. The summed E-state index contributed by atoms with van der Waals surface area (Å²) >= 11 is 7.18. The van der Waals surface area contributed by atoms with Crippen LogP contribution in [0.25, 0.3) is 5.69 Å². The van der Waals surface area contributed by atoms with E-state index in [1.54, 1.807) is 45.0 Å². The third kappa shape index (κ3) is 4.36. The van der Waals surface area contributed by atoms with Crippen molar-refractivity contribution in [2.75, 3.05) is 11.9 Å². The molecule has 10 heteroatoms. The molecule has 0 unspecified atom stereocenters. The lowest BCUT2D eigenvalue weighted by Gasteiger charge is -2.12. The Labute approximate surface area is 175 Å². The summed E-state index contributed by atoms with van der Waals surface area (Å²) in [5.74, 6) is -1.25. The summed E-state index contributed by atoms with van der Waals surface area (Å²) in [5, 5.41) is 7.30. The fourth-order valence-electron chi connectivity index (χ4n) is 2.56. The second-order valence-corrected chi connectivity index (χ2v) is 7.38. The van der Waals surface area contributed by atoms with Gasteiger partial charge < -0.3 is 4.74 Å². The second-order valence-electron chi connectivity index (χ2n) is 5.97. The van der Waals surface area contributed by atoms with E-state index in [4.69, 9.17) is 16.3 Å². The molecule has 1 aromatic carbocycles. The van der Waals surface area contributed by atoms with E-state index < -0.39 is 17.3 Å². The summed E-state index contributed by atoms with van der Waals surface area (Å²) in [4.78, 5) is 41.4. The molecule has 0 atom stereocenters. The molecule has 2 heterocycles. The number of thiazole rings is 1. The number of rotatable bonds is 5. The molecule has 3 rings (SSSR count). The average Bonchev–Trinajstić information content (AvgIpc) is 3.03. The first-order chi connectivity index (χ1) is 13.8. The van der Waals surface area contributed by atoms with E-state index in [1.165, 1.54) is 10.7 Å². The standard InChI is InChI=1S/C19H17ClN4O4S/c1-4-28-18(27)16-11(3)21-19(29-16)22-17(26)15-14(25)9-10(2)24(23-15)13-8-6-5-7-12(13)20/h5-9H,4H2,1-3H3,(H,21,22,26). The minimum Gasteiger partial charge on any atom is -0.462 e.